The standard InChI is InChI=1S/C17H26N4O2/c1-23-15-9-7-13(8-10-15)11-19-16(22)12-20-17(18)21-14-5-3-2-4-6-14/h7-10,14H,2-6,11-12H2,1H3,(H,19,22)(H3,18,20,21). The van der Waals surface area contributed by atoms with E-state index in [1.807, 2.05) is 24.3 Å². The Hall–Kier alpha value is -2.24. The highest BCUT2D eigenvalue weighted by Gasteiger charge is 2.13. The maximum atomic E-state index is 11.8. The summed E-state index contributed by atoms with van der Waals surface area (Å²) in [6.07, 6.45) is 6.00. The lowest BCUT2D eigenvalue weighted by Gasteiger charge is -2.23. The molecule has 1 aliphatic rings. The van der Waals surface area contributed by atoms with Gasteiger partial charge in [0.15, 0.2) is 5.96 Å². The number of nitrogens with one attached hydrogen (secondary N) is 2. The third-order valence-corrected chi connectivity index (χ3v) is 4.00. The highest BCUT2D eigenvalue weighted by molar-refractivity contribution is 5.84. The first-order valence-corrected chi connectivity index (χ1v) is 8.13. The second-order valence-electron chi connectivity index (χ2n) is 5.81. The van der Waals surface area contributed by atoms with E-state index in [-0.39, 0.29) is 12.5 Å². The highest BCUT2D eigenvalue weighted by Crippen LogP contribution is 2.17. The summed E-state index contributed by atoms with van der Waals surface area (Å²) in [5, 5.41) is 6.02. The molecule has 1 aromatic rings. The predicted octanol–water partition coefficient (Wildman–Crippen LogP) is 1.55. The van der Waals surface area contributed by atoms with E-state index in [0.29, 0.717) is 18.5 Å². The SMILES string of the molecule is COc1ccc(CNC(=O)CN=C(N)NC2CCCCC2)cc1. The fourth-order valence-corrected chi connectivity index (χ4v) is 2.66. The van der Waals surface area contributed by atoms with E-state index in [4.69, 9.17) is 10.5 Å². The molecule has 0 atom stereocenters. The van der Waals surface area contributed by atoms with E-state index in [9.17, 15) is 4.79 Å². The summed E-state index contributed by atoms with van der Waals surface area (Å²) in [4.78, 5) is 15.9. The topological polar surface area (TPSA) is 88.7 Å². The van der Waals surface area contributed by atoms with Gasteiger partial charge in [-0.05, 0) is 30.5 Å². The normalized spacial score (nSPS) is 16.0. The van der Waals surface area contributed by atoms with Crippen LogP contribution in [-0.2, 0) is 11.3 Å². The quantitative estimate of drug-likeness (QED) is 0.548. The summed E-state index contributed by atoms with van der Waals surface area (Å²) in [6, 6.07) is 7.97. The van der Waals surface area contributed by atoms with Crippen LogP contribution in [0, 0.1) is 0 Å². The molecule has 0 spiro atoms. The molecule has 0 aromatic heterocycles. The number of hydrogen-bond acceptors (Lipinski definition) is 3. The first-order chi connectivity index (χ1) is 11.2. The molecule has 0 heterocycles. The zero-order valence-corrected chi connectivity index (χ0v) is 13.7. The van der Waals surface area contributed by atoms with Gasteiger partial charge in [0.2, 0.25) is 5.91 Å². The zero-order valence-electron chi connectivity index (χ0n) is 13.7. The third kappa shape index (κ3) is 6.18. The van der Waals surface area contributed by atoms with Crippen molar-refractivity contribution in [2.75, 3.05) is 13.7 Å². The van der Waals surface area contributed by atoms with Crippen LogP contribution in [0.15, 0.2) is 29.3 Å². The first kappa shape index (κ1) is 17.1. The van der Waals surface area contributed by atoms with Crippen LogP contribution in [0.1, 0.15) is 37.7 Å². The molecule has 0 bridgehead atoms. The fraction of sp³-hybridized carbons (Fsp3) is 0.529. The highest BCUT2D eigenvalue weighted by atomic mass is 16.5. The number of methoxy groups -OCH3 is 1. The average molecular weight is 318 g/mol. The minimum absolute atomic E-state index is 0.0434. The number of amides is 1. The smallest absolute Gasteiger partial charge is 0.242 e. The van der Waals surface area contributed by atoms with Crippen LogP contribution in [0.25, 0.3) is 0 Å². The molecule has 1 aromatic carbocycles. The number of ether oxygens (including phenoxy) is 1. The van der Waals surface area contributed by atoms with Crippen molar-refractivity contribution in [3.05, 3.63) is 29.8 Å². The Morgan fingerprint density at radius 2 is 1.96 bits per heavy atom. The second kappa shape index (κ2) is 9.02. The summed E-state index contributed by atoms with van der Waals surface area (Å²) < 4.78 is 5.10. The van der Waals surface area contributed by atoms with E-state index in [2.05, 4.69) is 15.6 Å². The largest absolute Gasteiger partial charge is 0.497 e. The van der Waals surface area contributed by atoms with Crippen molar-refractivity contribution < 1.29 is 9.53 Å². The van der Waals surface area contributed by atoms with Crippen molar-refractivity contribution in [1.29, 1.82) is 0 Å². The maximum absolute atomic E-state index is 11.8. The first-order valence-electron chi connectivity index (χ1n) is 8.13. The molecule has 2 rings (SSSR count). The second-order valence-corrected chi connectivity index (χ2v) is 5.81. The molecule has 6 heteroatoms. The van der Waals surface area contributed by atoms with Crippen molar-refractivity contribution in [3.63, 3.8) is 0 Å². The lowest BCUT2D eigenvalue weighted by atomic mass is 9.96. The number of carbonyl (C=O) groups excluding carboxylic acids is 1. The van der Waals surface area contributed by atoms with Gasteiger partial charge >= 0.3 is 0 Å². The number of guanidine groups is 1. The van der Waals surface area contributed by atoms with Gasteiger partial charge in [-0.2, -0.15) is 0 Å². The molecule has 126 valence electrons. The Bertz CT molecular complexity index is 522. The minimum atomic E-state index is -0.144. The molecule has 1 saturated carbocycles. The van der Waals surface area contributed by atoms with Gasteiger partial charge in [-0.25, -0.2) is 4.99 Å². The zero-order chi connectivity index (χ0) is 16.5. The number of rotatable bonds is 6. The number of aliphatic imine (C=N–C) groups is 1. The molecule has 1 amide bonds. The number of nitrogens with two attached hydrogens (primary N) is 1. The van der Waals surface area contributed by atoms with Crippen LogP contribution in [0.5, 0.6) is 5.75 Å². The van der Waals surface area contributed by atoms with Gasteiger partial charge in [-0.15, -0.1) is 0 Å². The molecule has 1 aliphatic carbocycles. The Labute approximate surface area is 137 Å². The van der Waals surface area contributed by atoms with Gasteiger partial charge in [0.1, 0.15) is 12.3 Å². The number of nitrogens with zero attached hydrogens (tertiary/aromatic N) is 1. The van der Waals surface area contributed by atoms with Gasteiger partial charge < -0.3 is 21.1 Å². The van der Waals surface area contributed by atoms with Crippen molar-refractivity contribution in [2.24, 2.45) is 10.7 Å². The Morgan fingerprint density at radius 3 is 2.61 bits per heavy atom. The minimum Gasteiger partial charge on any atom is -0.497 e. The monoisotopic (exact) mass is 318 g/mol. The lowest BCUT2D eigenvalue weighted by Crippen LogP contribution is -2.41. The van der Waals surface area contributed by atoms with Gasteiger partial charge in [0, 0.05) is 12.6 Å². The molecule has 0 radical (unpaired) electrons. The fourth-order valence-electron chi connectivity index (χ4n) is 2.66. The van der Waals surface area contributed by atoms with Crippen molar-refractivity contribution in [1.82, 2.24) is 10.6 Å². The maximum Gasteiger partial charge on any atom is 0.242 e. The van der Waals surface area contributed by atoms with E-state index in [1.54, 1.807) is 7.11 Å². The molecule has 4 N–H and O–H groups in total. The third-order valence-electron chi connectivity index (χ3n) is 4.00. The number of carbonyl (C=O) groups is 1. The van der Waals surface area contributed by atoms with Gasteiger partial charge in [-0.3, -0.25) is 4.79 Å². The van der Waals surface area contributed by atoms with Gasteiger partial charge in [-0.1, -0.05) is 31.4 Å². The van der Waals surface area contributed by atoms with Crippen LogP contribution in [0.4, 0.5) is 0 Å². The predicted molar refractivity (Wildman–Crippen MR) is 91.3 cm³/mol. The lowest BCUT2D eigenvalue weighted by molar-refractivity contribution is -0.119. The van der Waals surface area contributed by atoms with Crippen LogP contribution >= 0.6 is 0 Å². The van der Waals surface area contributed by atoms with Crippen molar-refractivity contribution in [3.8, 4) is 5.75 Å². The molecule has 0 unspecified atom stereocenters. The van der Waals surface area contributed by atoms with E-state index < -0.39 is 0 Å². The van der Waals surface area contributed by atoms with E-state index >= 15 is 0 Å². The molecular formula is C17H26N4O2. The van der Waals surface area contributed by atoms with Gasteiger partial charge in [0.05, 0.1) is 7.11 Å². The Kier molecular flexibility index (Phi) is 6.72. The van der Waals surface area contributed by atoms with Crippen molar-refractivity contribution >= 4 is 11.9 Å². The number of benzene rings is 1. The van der Waals surface area contributed by atoms with Crippen LogP contribution in [0.3, 0.4) is 0 Å². The summed E-state index contributed by atoms with van der Waals surface area (Å²) in [5.74, 6) is 1.01. The van der Waals surface area contributed by atoms with E-state index in [0.717, 1.165) is 24.2 Å². The Balaban J connectivity index is 1.69. The average Bonchev–Trinajstić information content (AvgIpc) is 2.59. The number of hydrogen-bond donors (Lipinski definition) is 3. The van der Waals surface area contributed by atoms with Crippen LogP contribution in [-0.4, -0.2) is 31.6 Å². The summed E-state index contributed by atoms with van der Waals surface area (Å²) >= 11 is 0. The molecule has 0 aliphatic heterocycles. The summed E-state index contributed by atoms with van der Waals surface area (Å²) in [5.41, 5.74) is 6.85. The van der Waals surface area contributed by atoms with E-state index in [1.165, 1.54) is 19.3 Å². The van der Waals surface area contributed by atoms with Crippen molar-refractivity contribution in [2.45, 2.75) is 44.7 Å². The van der Waals surface area contributed by atoms with Crippen LogP contribution < -0.4 is 21.1 Å². The molecule has 1 fully saturated rings. The molecular weight excluding hydrogens is 292 g/mol. The molecule has 0 saturated heterocycles. The summed E-state index contributed by atoms with van der Waals surface area (Å²) in [7, 11) is 1.63. The molecule has 23 heavy (non-hydrogen) atoms. The summed E-state index contributed by atoms with van der Waals surface area (Å²) in [6.45, 7) is 0.510. The Morgan fingerprint density at radius 1 is 1.26 bits per heavy atom. The van der Waals surface area contributed by atoms with Crippen LogP contribution in [0.2, 0.25) is 0 Å². The van der Waals surface area contributed by atoms with Gasteiger partial charge in [0.25, 0.3) is 0 Å². The molecule has 6 nitrogen and oxygen atoms in total.